The van der Waals surface area contributed by atoms with Gasteiger partial charge in [0.1, 0.15) is 0 Å². The molecule has 0 aromatic heterocycles. The number of hydrogen-bond acceptors (Lipinski definition) is 2. The third-order valence-corrected chi connectivity index (χ3v) is 2.08. The molecule has 0 saturated carbocycles. The molecule has 0 aromatic carbocycles. The van der Waals surface area contributed by atoms with Gasteiger partial charge in [0.15, 0.2) is 5.78 Å². The van der Waals surface area contributed by atoms with E-state index < -0.39 is 6.10 Å². The highest BCUT2D eigenvalue weighted by Crippen LogP contribution is 2.14. The molecule has 2 heteroatoms. The standard InChI is InChI=1S/C10H18O2/c1-5-7(2)10(12)8(3)6-9(4)11/h6-7,10,12H,5H2,1-4H3/b8-6+. The van der Waals surface area contributed by atoms with E-state index in [-0.39, 0.29) is 11.7 Å². The number of aliphatic hydroxyl groups excluding tert-OH is 1. The minimum atomic E-state index is -0.473. The molecule has 0 fully saturated rings. The van der Waals surface area contributed by atoms with Crippen molar-refractivity contribution in [3.63, 3.8) is 0 Å². The Bertz CT molecular complexity index is 182. The Morgan fingerprint density at radius 2 is 2.00 bits per heavy atom. The van der Waals surface area contributed by atoms with Crippen LogP contribution in [0, 0.1) is 5.92 Å². The highest BCUT2D eigenvalue weighted by atomic mass is 16.3. The molecule has 1 N–H and O–H groups in total. The van der Waals surface area contributed by atoms with Crippen molar-refractivity contribution in [1.82, 2.24) is 0 Å². The van der Waals surface area contributed by atoms with Crippen LogP contribution >= 0.6 is 0 Å². The Labute approximate surface area is 74.3 Å². The second kappa shape index (κ2) is 5.09. The lowest BCUT2D eigenvalue weighted by atomic mass is 9.95. The highest BCUT2D eigenvalue weighted by Gasteiger charge is 2.13. The Hall–Kier alpha value is -0.630. The van der Waals surface area contributed by atoms with Gasteiger partial charge in [-0.2, -0.15) is 0 Å². The predicted molar refractivity (Wildman–Crippen MR) is 49.9 cm³/mol. The third-order valence-electron chi connectivity index (χ3n) is 2.08. The van der Waals surface area contributed by atoms with E-state index in [4.69, 9.17) is 0 Å². The van der Waals surface area contributed by atoms with E-state index in [1.165, 1.54) is 13.0 Å². The van der Waals surface area contributed by atoms with Crippen molar-refractivity contribution in [2.24, 2.45) is 5.92 Å². The van der Waals surface area contributed by atoms with Crippen molar-refractivity contribution in [2.75, 3.05) is 0 Å². The lowest BCUT2D eigenvalue weighted by molar-refractivity contribution is -0.112. The first-order valence-electron chi connectivity index (χ1n) is 4.35. The van der Waals surface area contributed by atoms with Gasteiger partial charge >= 0.3 is 0 Å². The van der Waals surface area contributed by atoms with Crippen LogP contribution in [-0.4, -0.2) is 17.0 Å². The number of allylic oxidation sites excluding steroid dienone is 1. The Morgan fingerprint density at radius 3 is 2.33 bits per heavy atom. The van der Waals surface area contributed by atoms with Crippen LogP contribution < -0.4 is 0 Å². The highest BCUT2D eigenvalue weighted by molar-refractivity contribution is 5.87. The molecular formula is C10H18O2. The van der Waals surface area contributed by atoms with Crippen LogP contribution in [0.25, 0.3) is 0 Å². The van der Waals surface area contributed by atoms with Gasteiger partial charge in [0.2, 0.25) is 0 Å². The summed E-state index contributed by atoms with van der Waals surface area (Å²) in [4.78, 5) is 10.7. The average molecular weight is 170 g/mol. The van der Waals surface area contributed by atoms with Crippen LogP contribution in [0.3, 0.4) is 0 Å². The predicted octanol–water partition coefficient (Wildman–Crippen LogP) is 1.93. The van der Waals surface area contributed by atoms with E-state index >= 15 is 0 Å². The monoisotopic (exact) mass is 170 g/mol. The maximum Gasteiger partial charge on any atom is 0.152 e. The van der Waals surface area contributed by atoms with Crippen LogP contribution in [0.1, 0.15) is 34.1 Å². The molecule has 0 bridgehead atoms. The molecule has 0 spiro atoms. The van der Waals surface area contributed by atoms with Gasteiger partial charge < -0.3 is 5.11 Å². The summed E-state index contributed by atoms with van der Waals surface area (Å²) in [6.07, 6.45) is 1.94. The molecule has 0 aromatic rings. The van der Waals surface area contributed by atoms with E-state index in [2.05, 4.69) is 0 Å². The summed E-state index contributed by atoms with van der Waals surface area (Å²) in [7, 11) is 0. The first-order valence-corrected chi connectivity index (χ1v) is 4.35. The van der Waals surface area contributed by atoms with Crippen LogP contribution in [0.2, 0.25) is 0 Å². The zero-order valence-electron chi connectivity index (χ0n) is 8.29. The van der Waals surface area contributed by atoms with E-state index in [9.17, 15) is 9.90 Å². The van der Waals surface area contributed by atoms with Gasteiger partial charge in [0.25, 0.3) is 0 Å². The van der Waals surface area contributed by atoms with Gasteiger partial charge in [0.05, 0.1) is 6.10 Å². The SMILES string of the molecule is CCC(C)C(O)/C(C)=C/C(C)=O. The average Bonchev–Trinajstić information content (AvgIpc) is 2.00. The quantitative estimate of drug-likeness (QED) is 0.654. The number of hydrogen-bond donors (Lipinski definition) is 1. The molecule has 0 amide bonds. The minimum absolute atomic E-state index is 0.00477. The molecule has 0 radical (unpaired) electrons. The molecule has 70 valence electrons. The molecule has 0 rings (SSSR count). The van der Waals surface area contributed by atoms with Gasteiger partial charge in [-0.25, -0.2) is 0 Å². The lowest BCUT2D eigenvalue weighted by Crippen LogP contribution is -2.18. The van der Waals surface area contributed by atoms with E-state index in [1.54, 1.807) is 6.92 Å². The number of carbonyl (C=O) groups excluding carboxylic acids is 1. The molecule has 2 nitrogen and oxygen atoms in total. The molecule has 0 aliphatic carbocycles. The summed E-state index contributed by atoms with van der Waals surface area (Å²) < 4.78 is 0. The number of rotatable bonds is 4. The number of aliphatic hydroxyl groups is 1. The Balaban J connectivity index is 4.27. The fourth-order valence-corrected chi connectivity index (χ4v) is 1.08. The number of carbonyl (C=O) groups is 1. The fraction of sp³-hybridized carbons (Fsp3) is 0.700. The summed E-state index contributed by atoms with van der Waals surface area (Å²) >= 11 is 0. The molecular weight excluding hydrogens is 152 g/mol. The smallest absolute Gasteiger partial charge is 0.152 e. The molecule has 2 unspecified atom stereocenters. The fourth-order valence-electron chi connectivity index (χ4n) is 1.08. The normalized spacial score (nSPS) is 17.2. The molecule has 0 aliphatic heterocycles. The second-order valence-corrected chi connectivity index (χ2v) is 3.33. The topological polar surface area (TPSA) is 37.3 Å². The van der Waals surface area contributed by atoms with Crippen LogP contribution in [0.4, 0.5) is 0 Å². The van der Waals surface area contributed by atoms with Crippen molar-refractivity contribution in [3.05, 3.63) is 11.6 Å². The molecule has 2 atom stereocenters. The third kappa shape index (κ3) is 3.67. The maximum absolute atomic E-state index is 10.7. The minimum Gasteiger partial charge on any atom is -0.388 e. The van der Waals surface area contributed by atoms with Gasteiger partial charge in [0, 0.05) is 0 Å². The summed E-state index contributed by atoms with van der Waals surface area (Å²) in [6.45, 7) is 7.28. The molecule has 0 aliphatic rings. The Kier molecular flexibility index (Phi) is 4.83. The lowest BCUT2D eigenvalue weighted by Gasteiger charge is -2.17. The molecule has 0 heterocycles. The van der Waals surface area contributed by atoms with E-state index in [0.29, 0.717) is 0 Å². The van der Waals surface area contributed by atoms with Crippen molar-refractivity contribution in [2.45, 2.75) is 40.2 Å². The zero-order chi connectivity index (χ0) is 9.72. The van der Waals surface area contributed by atoms with E-state index in [0.717, 1.165) is 12.0 Å². The first kappa shape index (κ1) is 11.4. The summed E-state index contributed by atoms with van der Waals surface area (Å²) in [5, 5.41) is 9.61. The maximum atomic E-state index is 10.7. The van der Waals surface area contributed by atoms with Gasteiger partial charge in [-0.15, -0.1) is 0 Å². The molecule has 0 saturated heterocycles. The van der Waals surface area contributed by atoms with Crippen LogP contribution in [0.15, 0.2) is 11.6 Å². The van der Waals surface area contributed by atoms with Crippen molar-refractivity contribution >= 4 is 5.78 Å². The van der Waals surface area contributed by atoms with Crippen LogP contribution in [-0.2, 0) is 4.79 Å². The summed E-state index contributed by atoms with van der Waals surface area (Å²) in [6, 6.07) is 0. The number of ketones is 1. The molecule has 12 heavy (non-hydrogen) atoms. The van der Waals surface area contributed by atoms with Crippen molar-refractivity contribution < 1.29 is 9.90 Å². The first-order chi connectivity index (χ1) is 5.49. The van der Waals surface area contributed by atoms with Crippen molar-refractivity contribution in [3.8, 4) is 0 Å². The van der Waals surface area contributed by atoms with Gasteiger partial charge in [-0.3, -0.25) is 4.79 Å². The largest absolute Gasteiger partial charge is 0.388 e. The van der Waals surface area contributed by atoms with Gasteiger partial charge in [-0.1, -0.05) is 20.3 Å². The van der Waals surface area contributed by atoms with Crippen molar-refractivity contribution in [1.29, 1.82) is 0 Å². The van der Waals surface area contributed by atoms with E-state index in [1.807, 2.05) is 13.8 Å². The summed E-state index contributed by atoms with van der Waals surface area (Å²) in [5.41, 5.74) is 0.761. The van der Waals surface area contributed by atoms with Gasteiger partial charge in [-0.05, 0) is 31.4 Å². The van der Waals surface area contributed by atoms with Crippen LogP contribution in [0.5, 0.6) is 0 Å². The second-order valence-electron chi connectivity index (χ2n) is 3.33. The zero-order valence-corrected chi connectivity index (χ0v) is 8.29. The summed E-state index contributed by atoms with van der Waals surface area (Å²) in [5.74, 6) is 0.218. The Morgan fingerprint density at radius 1 is 1.50 bits per heavy atom.